The summed E-state index contributed by atoms with van der Waals surface area (Å²) in [6, 6.07) is 9.02. The third-order valence-corrected chi connectivity index (χ3v) is 6.23. The van der Waals surface area contributed by atoms with E-state index in [1.54, 1.807) is 6.07 Å². The number of benzene rings is 2. The Balaban J connectivity index is 1.32. The summed E-state index contributed by atoms with van der Waals surface area (Å²) < 4.78 is 13.5. The minimum absolute atomic E-state index is 0.246. The minimum Gasteiger partial charge on any atom is -0.341 e. The van der Waals surface area contributed by atoms with E-state index in [4.69, 9.17) is 9.97 Å². The lowest BCUT2D eigenvalue weighted by Crippen LogP contribution is -2.31. The number of aromatic amines is 1. The predicted molar refractivity (Wildman–Crippen MR) is 122 cm³/mol. The number of nitrogens with one attached hydrogen (secondary N) is 1. The second-order valence-electron chi connectivity index (χ2n) is 8.52. The number of aryl methyl sites for hydroxylation is 3. The van der Waals surface area contributed by atoms with E-state index in [0.29, 0.717) is 0 Å². The molecule has 0 spiro atoms. The number of aromatic nitrogens is 4. The van der Waals surface area contributed by atoms with Crippen LogP contribution in [-0.4, -0.2) is 51.0 Å². The molecule has 2 aromatic carbocycles. The van der Waals surface area contributed by atoms with Gasteiger partial charge in [0.15, 0.2) is 0 Å². The second-order valence-corrected chi connectivity index (χ2v) is 8.52. The molecule has 0 radical (unpaired) electrons. The van der Waals surface area contributed by atoms with Gasteiger partial charge in [-0.2, -0.15) is 0 Å². The molecule has 1 N–H and O–H groups in total. The number of fused-ring (bicyclic) bond motifs is 2. The van der Waals surface area contributed by atoms with Gasteiger partial charge in [0.25, 0.3) is 0 Å². The highest BCUT2D eigenvalue weighted by atomic mass is 19.1. The Morgan fingerprint density at radius 3 is 2.61 bits per heavy atom. The zero-order chi connectivity index (χ0) is 21.5. The maximum Gasteiger partial charge on any atom is 0.226 e. The summed E-state index contributed by atoms with van der Waals surface area (Å²) in [4.78, 5) is 22.3. The van der Waals surface area contributed by atoms with Crippen LogP contribution in [0.2, 0.25) is 0 Å². The first-order valence-electron chi connectivity index (χ1n) is 10.8. The fourth-order valence-corrected chi connectivity index (χ4v) is 4.32. The summed E-state index contributed by atoms with van der Waals surface area (Å²) in [6.07, 6.45) is 1.03. The first-order valence-corrected chi connectivity index (χ1v) is 10.8. The van der Waals surface area contributed by atoms with Crippen molar-refractivity contribution in [3.63, 3.8) is 0 Å². The molecule has 2 aromatic heterocycles. The fraction of sp³-hybridized carbons (Fsp3) is 0.375. The van der Waals surface area contributed by atoms with E-state index in [1.165, 1.54) is 23.3 Å². The maximum atomic E-state index is 13.5. The van der Waals surface area contributed by atoms with E-state index in [-0.39, 0.29) is 5.82 Å². The molecule has 3 heterocycles. The first kappa shape index (κ1) is 19.9. The highest BCUT2D eigenvalue weighted by Crippen LogP contribution is 2.23. The number of nitrogens with zero attached hydrogens (tertiary/aromatic N) is 5. The molecular weight excluding hydrogens is 391 g/mol. The van der Waals surface area contributed by atoms with Crippen molar-refractivity contribution in [3.05, 3.63) is 58.8 Å². The van der Waals surface area contributed by atoms with E-state index in [1.807, 2.05) is 0 Å². The predicted octanol–water partition coefficient (Wildman–Crippen LogP) is 4.28. The number of imidazole rings is 1. The number of hydrogen-bond donors (Lipinski definition) is 1. The average molecular weight is 419 g/mol. The van der Waals surface area contributed by atoms with Gasteiger partial charge < -0.3 is 9.88 Å². The quantitative estimate of drug-likeness (QED) is 0.538. The average Bonchev–Trinajstić information content (AvgIpc) is 2.97. The van der Waals surface area contributed by atoms with Crippen LogP contribution in [0.25, 0.3) is 21.9 Å². The third-order valence-electron chi connectivity index (χ3n) is 6.23. The fourth-order valence-electron chi connectivity index (χ4n) is 4.32. The minimum atomic E-state index is -0.246. The highest BCUT2D eigenvalue weighted by molar-refractivity contribution is 5.83. The Morgan fingerprint density at radius 1 is 0.903 bits per heavy atom. The van der Waals surface area contributed by atoms with Crippen molar-refractivity contribution < 1.29 is 4.39 Å². The monoisotopic (exact) mass is 418 g/mol. The molecule has 160 valence electrons. The van der Waals surface area contributed by atoms with Gasteiger partial charge in [-0.25, -0.2) is 19.3 Å². The van der Waals surface area contributed by atoms with Gasteiger partial charge in [-0.1, -0.05) is 0 Å². The molecule has 0 unspecified atom stereocenters. The smallest absolute Gasteiger partial charge is 0.226 e. The summed E-state index contributed by atoms with van der Waals surface area (Å²) in [5.41, 5.74) is 6.12. The molecule has 6 nitrogen and oxygen atoms in total. The molecule has 1 fully saturated rings. The van der Waals surface area contributed by atoms with Crippen molar-refractivity contribution in [2.75, 3.05) is 31.1 Å². The SMILES string of the molecule is Cc1cc2nc(N3CCCN(Cc4nc5ccc(F)cc5[nH]4)CC3)nc(C)c2cc1C. The van der Waals surface area contributed by atoms with Crippen LogP contribution in [0, 0.1) is 26.6 Å². The Labute approximate surface area is 181 Å². The van der Waals surface area contributed by atoms with Gasteiger partial charge in [-0.05, 0) is 68.7 Å². The van der Waals surface area contributed by atoms with E-state index in [9.17, 15) is 4.39 Å². The third kappa shape index (κ3) is 3.97. The van der Waals surface area contributed by atoms with E-state index in [0.717, 1.165) is 78.5 Å². The van der Waals surface area contributed by atoms with Gasteiger partial charge in [0.1, 0.15) is 11.6 Å². The molecule has 0 saturated carbocycles. The van der Waals surface area contributed by atoms with E-state index in [2.05, 4.69) is 52.7 Å². The van der Waals surface area contributed by atoms with Gasteiger partial charge >= 0.3 is 0 Å². The molecule has 4 aromatic rings. The molecule has 1 aliphatic heterocycles. The summed E-state index contributed by atoms with van der Waals surface area (Å²) in [5, 5.41) is 1.13. The molecule has 0 bridgehead atoms. The van der Waals surface area contributed by atoms with Crippen LogP contribution in [0.3, 0.4) is 0 Å². The molecule has 0 aliphatic carbocycles. The van der Waals surface area contributed by atoms with Crippen molar-refractivity contribution in [2.24, 2.45) is 0 Å². The Morgan fingerprint density at radius 2 is 1.74 bits per heavy atom. The molecule has 1 saturated heterocycles. The second kappa shape index (κ2) is 7.89. The lowest BCUT2D eigenvalue weighted by molar-refractivity contribution is 0.279. The number of rotatable bonds is 3. The highest BCUT2D eigenvalue weighted by Gasteiger charge is 2.19. The molecule has 1 aliphatic rings. The van der Waals surface area contributed by atoms with Crippen LogP contribution in [0.4, 0.5) is 10.3 Å². The standard InChI is InChI=1S/C24H27FN6/c1-15-11-19-17(3)26-24(29-21(19)12-16(15)2)31-8-4-7-30(9-10-31)14-23-27-20-6-5-18(25)13-22(20)28-23/h5-6,11-13H,4,7-10,14H2,1-3H3,(H,27,28). The Kier molecular flexibility index (Phi) is 5.06. The molecule has 0 atom stereocenters. The number of H-pyrrole nitrogens is 1. The summed E-state index contributed by atoms with van der Waals surface area (Å²) in [5.74, 6) is 1.44. The van der Waals surface area contributed by atoms with Gasteiger partial charge in [0.2, 0.25) is 5.95 Å². The van der Waals surface area contributed by atoms with Gasteiger partial charge in [-0.15, -0.1) is 0 Å². The first-order chi connectivity index (χ1) is 15.0. The van der Waals surface area contributed by atoms with Gasteiger partial charge in [-0.3, -0.25) is 4.90 Å². The maximum absolute atomic E-state index is 13.5. The number of anilines is 1. The van der Waals surface area contributed by atoms with Crippen LogP contribution in [0.1, 0.15) is 29.1 Å². The summed E-state index contributed by atoms with van der Waals surface area (Å²) >= 11 is 0. The van der Waals surface area contributed by atoms with Crippen LogP contribution in [0.5, 0.6) is 0 Å². The van der Waals surface area contributed by atoms with Crippen LogP contribution in [-0.2, 0) is 6.54 Å². The molecule has 0 amide bonds. The molecule has 7 heteroatoms. The normalized spacial score (nSPS) is 15.7. The molecule has 5 rings (SSSR count). The van der Waals surface area contributed by atoms with Crippen molar-refractivity contribution in [2.45, 2.75) is 33.7 Å². The van der Waals surface area contributed by atoms with Gasteiger partial charge in [0, 0.05) is 31.6 Å². The van der Waals surface area contributed by atoms with Gasteiger partial charge in [0.05, 0.1) is 28.8 Å². The van der Waals surface area contributed by atoms with Crippen molar-refractivity contribution in [1.82, 2.24) is 24.8 Å². The van der Waals surface area contributed by atoms with Crippen LogP contribution < -0.4 is 4.90 Å². The largest absolute Gasteiger partial charge is 0.341 e. The summed E-state index contributed by atoms with van der Waals surface area (Å²) in [6.45, 7) is 10.7. The van der Waals surface area contributed by atoms with Crippen molar-refractivity contribution >= 4 is 27.9 Å². The van der Waals surface area contributed by atoms with Crippen molar-refractivity contribution in [3.8, 4) is 0 Å². The molecule has 31 heavy (non-hydrogen) atoms. The molecular formula is C24H27FN6. The topological polar surface area (TPSA) is 60.9 Å². The number of halogens is 1. The van der Waals surface area contributed by atoms with Crippen LogP contribution >= 0.6 is 0 Å². The lowest BCUT2D eigenvalue weighted by atomic mass is 10.1. The number of hydrogen-bond acceptors (Lipinski definition) is 5. The van der Waals surface area contributed by atoms with E-state index < -0.39 is 0 Å². The zero-order valence-corrected chi connectivity index (χ0v) is 18.2. The lowest BCUT2D eigenvalue weighted by Gasteiger charge is -2.22. The van der Waals surface area contributed by atoms with Crippen LogP contribution in [0.15, 0.2) is 30.3 Å². The Bertz CT molecular complexity index is 1260. The Hall–Kier alpha value is -3.06. The van der Waals surface area contributed by atoms with Crippen molar-refractivity contribution in [1.29, 1.82) is 0 Å². The summed E-state index contributed by atoms with van der Waals surface area (Å²) in [7, 11) is 0. The zero-order valence-electron chi connectivity index (χ0n) is 18.2. The van der Waals surface area contributed by atoms with E-state index >= 15 is 0 Å².